The van der Waals surface area contributed by atoms with Crippen molar-refractivity contribution in [3.63, 3.8) is 0 Å². The fraction of sp³-hybridized carbons (Fsp3) is 1.00. The van der Waals surface area contributed by atoms with Crippen molar-refractivity contribution in [1.82, 2.24) is 0 Å². The van der Waals surface area contributed by atoms with Crippen molar-refractivity contribution in [2.24, 2.45) is 0 Å². The maximum atomic E-state index is 9.51. The van der Waals surface area contributed by atoms with Gasteiger partial charge in [-0.1, -0.05) is 12.8 Å². The summed E-state index contributed by atoms with van der Waals surface area (Å²) >= 11 is 5.86. The van der Waals surface area contributed by atoms with Crippen molar-refractivity contribution in [1.29, 1.82) is 0 Å². The largest absolute Gasteiger partial charge is 0.389 e. The third-order valence-electron chi connectivity index (χ3n) is 2.07. The van der Waals surface area contributed by atoms with Crippen LogP contribution in [0.2, 0.25) is 0 Å². The molecule has 0 spiro atoms. The van der Waals surface area contributed by atoms with Gasteiger partial charge in [-0.3, -0.25) is 0 Å². The van der Waals surface area contributed by atoms with E-state index in [-0.39, 0.29) is 5.38 Å². The van der Waals surface area contributed by atoms with Crippen molar-refractivity contribution in [3.05, 3.63) is 0 Å². The zero-order valence-corrected chi connectivity index (χ0v) is 6.49. The van der Waals surface area contributed by atoms with E-state index in [0.29, 0.717) is 0 Å². The van der Waals surface area contributed by atoms with Gasteiger partial charge < -0.3 is 5.11 Å². The lowest BCUT2D eigenvalue weighted by Gasteiger charge is -2.32. The second-order valence-electron chi connectivity index (χ2n) is 3.07. The van der Waals surface area contributed by atoms with E-state index in [0.717, 1.165) is 19.3 Å². The first-order chi connectivity index (χ1) is 4.13. The maximum absolute atomic E-state index is 9.51. The lowest BCUT2D eigenvalue weighted by molar-refractivity contribution is 0.0268. The Morgan fingerprint density at radius 3 is 2.56 bits per heavy atom. The van der Waals surface area contributed by atoms with Crippen LogP contribution in [0.1, 0.15) is 32.6 Å². The molecule has 0 amide bonds. The molecule has 0 bridgehead atoms. The minimum Gasteiger partial charge on any atom is -0.389 e. The van der Waals surface area contributed by atoms with E-state index < -0.39 is 5.60 Å². The van der Waals surface area contributed by atoms with Crippen molar-refractivity contribution < 1.29 is 5.11 Å². The molecule has 1 fully saturated rings. The maximum Gasteiger partial charge on any atom is 0.0782 e. The van der Waals surface area contributed by atoms with Crippen LogP contribution in [0, 0.1) is 0 Å². The lowest BCUT2D eigenvalue weighted by Crippen LogP contribution is -2.38. The van der Waals surface area contributed by atoms with Gasteiger partial charge in [-0.05, 0) is 19.8 Å². The number of halogens is 1. The van der Waals surface area contributed by atoms with Gasteiger partial charge in [0, 0.05) is 0 Å². The van der Waals surface area contributed by atoms with Crippen LogP contribution in [0.3, 0.4) is 0 Å². The molecule has 1 aliphatic carbocycles. The summed E-state index contributed by atoms with van der Waals surface area (Å²) in [4.78, 5) is 0. The summed E-state index contributed by atoms with van der Waals surface area (Å²) in [6, 6.07) is 0. The topological polar surface area (TPSA) is 20.2 Å². The zero-order chi connectivity index (χ0) is 6.91. The highest BCUT2D eigenvalue weighted by Crippen LogP contribution is 2.31. The van der Waals surface area contributed by atoms with Gasteiger partial charge in [0.25, 0.3) is 0 Å². The van der Waals surface area contributed by atoms with Crippen molar-refractivity contribution >= 4 is 11.6 Å². The Bertz CT molecular complexity index is 101. The number of alkyl halides is 1. The molecule has 0 unspecified atom stereocenters. The second-order valence-corrected chi connectivity index (χ2v) is 3.60. The third kappa shape index (κ3) is 1.59. The van der Waals surface area contributed by atoms with Crippen LogP contribution in [0.4, 0.5) is 0 Å². The Kier molecular flexibility index (Phi) is 2.02. The molecule has 54 valence electrons. The predicted molar refractivity (Wildman–Crippen MR) is 38.7 cm³/mol. The van der Waals surface area contributed by atoms with E-state index in [1.54, 1.807) is 0 Å². The molecule has 1 aliphatic rings. The molecule has 2 heteroatoms. The van der Waals surface area contributed by atoms with E-state index in [2.05, 4.69) is 0 Å². The van der Waals surface area contributed by atoms with Crippen molar-refractivity contribution in [2.75, 3.05) is 0 Å². The first-order valence-corrected chi connectivity index (χ1v) is 3.93. The van der Waals surface area contributed by atoms with Gasteiger partial charge >= 0.3 is 0 Å². The SMILES string of the molecule is C[C@]1(O)CCCC[C@H]1Cl. The molecule has 1 N–H and O–H groups in total. The Hall–Kier alpha value is 0.250. The minimum absolute atomic E-state index is 0.0220. The molecule has 0 aromatic rings. The predicted octanol–water partition coefficient (Wildman–Crippen LogP) is 1.92. The second kappa shape index (κ2) is 2.47. The molecule has 2 atom stereocenters. The molecular formula is C7H13ClO. The Labute approximate surface area is 61.0 Å². The van der Waals surface area contributed by atoms with Crippen molar-refractivity contribution in [2.45, 2.75) is 43.6 Å². The normalized spacial score (nSPS) is 45.0. The zero-order valence-electron chi connectivity index (χ0n) is 5.73. The van der Waals surface area contributed by atoms with Gasteiger partial charge in [0.15, 0.2) is 0 Å². The standard InChI is InChI=1S/C7H13ClO/c1-7(9)5-3-2-4-6(7)8/h6,9H,2-5H2,1H3/t6-,7+/m1/s1. The third-order valence-corrected chi connectivity index (χ3v) is 2.75. The first kappa shape index (κ1) is 7.36. The van der Waals surface area contributed by atoms with Crippen LogP contribution < -0.4 is 0 Å². The highest BCUT2D eigenvalue weighted by Gasteiger charge is 2.32. The van der Waals surface area contributed by atoms with Gasteiger partial charge in [-0.2, -0.15) is 0 Å². The van der Waals surface area contributed by atoms with Gasteiger partial charge in [-0.25, -0.2) is 0 Å². The molecule has 0 heterocycles. The molecule has 1 nitrogen and oxygen atoms in total. The Morgan fingerprint density at radius 2 is 2.22 bits per heavy atom. The van der Waals surface area contributed by atoms with E-state index in [4.69, 9.17) is 11.6 Å². The molecule has 9 heavy (non-hydrogen) atoms. The van der Waals surface area contributed by atoms with Gasteiger partial charge in [-0.15, -0.1) is 11.6 Å². The number of aliphatic hydroxyl groups is 1. The van der Waals surface area contributed by atoms with Crippen LogP contribution in [0.15, 0.2) is 0 Å². The summed E-state index contributed by atoms with van der Waals surface area (Å²) in [6.07, 6.45) is 4.12. The number of hydrogen-bond acceptors (Lipinski definition) is 1. The monoisotopic (exact) mass is 148 g/mol. The van der Waals surface area contributed by atoms with E-state index in [9.17, 15) is 5.11 Å². The summed E-state index contributed by atoms with van der Waals surface area (Å²) < 4.78 is 0. The molecule has 0 saturated heterocycles. The van der Waals surface area contributed by atoms with Crippen LogP contribution in [-0.4, -0.2) is 16.1 Å². The molecule has 1 saturated carbocycles. The average molecular weight is 149 g/mol. The molecule has 0 radical (unpaired) electrons. The molecular weight excluding hydrogens is 136 g/mol. The summed E-state index contributed by atoms with van der Waals surface area (Å²) in [5, 5.41) is 9.49. The fourth-order valence-corrected chi connectivity index (χ4v) is 1.54. The Balaban J connectivity index is 2.49. The summed E-state index contributed by atoms with van der Waals surface area (Å²) in [7, 11) is 0. The summed E-state index contributed by atoms with van der Waals surface area (Å²) in [5.41, 5.74) is -0.597. The number of rotatable bonds is 0. The first-order valence-electron chi connectivity index (χ1n) is 3.49. The van der Waals surface area contributed by atoms with Gasteiger partial charge in [0.2, 0.25) is 0 Å². The van der Waals surface area contributed by atoms with Crippen LogP contribution in [0.5, 0.6) is 0 Å². The van der Waals surface area contributed by atoms with Crippen LogP contribution in [-0.2, 0) is 0 Å². The fourth-order valence-electron chi connectivity index (χ4n) is 1.27. The van der Waals surface area contributed by atoms with E-state index >= 15 is 0 Å². The Morgan fingerprint density at radius 1 is 1.56 bits per heavy atom. The van der Waals surface area contributed by atoms with Crippen LogP contribution in [0.25, 0.3) is 0 Å². The number of hydrogen-bond donors (Lipinski definition) is 1. The van der Waals surface area contributed by atoms with Gasteiger partial charge in [0.1, 0.15) is 0 Å². The molecule has 1 rings (SSSR count). The smallest absolute Gasteiger partial charge is 0.0782 e. The van der Waals surface area contributed by atoms with E-state index in [1.807, 2.05) is 6.92 Å². The minimum atomic E-state index is -0.597. The highest BCUT2D eigenvalue weighted by atomic mass is 35.5. The van der Waals surface area contributed by atoms with Crippen LogP contribution >= 0.6 is 11.6 Å². The highest BCUT2D eigenvalue weighted by molar-refractivity contribution is 6.21. The lowest BCUT2D eigenvalue weighted by atomic mass is 9.86. The molecule has 0 aromatic heterocycles. The van der Waals surface area contributed by atoms with Crippen molar-refractivity contribution in [3.8, 4) is 0 Å². The van der Waals surface area contributed by atoms with E-state index in [1.165, 1.54) is 6.42 Å². The summed E-state index contributed by atoms with van der Waals surface area (Å²) in [6.45, 7) is 1.82. The quantitative estimate of drug-likeness (QED) is 0.521. The molecule has 0 aliphatic heterocycles. The van der Waals surface area contributed by atoms with Gasteiger partial charge in [0.05, 0.1) is 11.0 Å². The molecule has 0 aromatic carbocycles. The average Bonchev–Trinajstić information content (AvgIpc) is 1.77. The summed E-state index contributed by atoms with van der Waals surface area (Å²) in [5.74, 6) is 0.